The first-order chi connectivity index (χ1) is 22.6. The van der Waals surface area contributed by atoms with Crippen molar-refractivity contribution in [3.8, 4) is 33.4 Å². The predicted octanol–water partition coefficient (Wildman–Crippen LogP) is 11.6. The van der Waals surface area contributed by atoms with Gasteiger partial charge in [-0.3, -0.25) is 0 Å². The minimum atomic E-state index is 0.471. The van der Waals surface area contributed by atoms with Crippen molar-refractivity contribution in [2.45, 2.75) is 6.42 Å². The Hall–Kier alpha value is -5.60. The molecular weight excluding hydrogens is 556 g/mol. The lowest BCUT2D eigenvalue weighted by Gasteiger charge is -2.36. The molecule has 2 heterocycles. The summed E-state index contributed by atoms with van der Waals surface area (Å²) in [6.07, 6.45) is 14.6. The van der Waals surface area contributed by atoms with Crippen molar-refractivity contribution in [1.29, 1.82) is 0 Å². The van der Waals surface area contributed by atoms with Crippen LogP contribution in [0, 0.1) is 5.92 Å². The lowest BCUT2D eigenvalue weighted by atomic mass is 9.81. The van der Waals surface area contributed by atoms with E-state index in [9.17, 15) is 0 Å². The molecule has 0 radical (unpaired) electrons. The zero-order valence-corrected chi connectivity index (χ0v) is 26.0. The molecule has 218 valence electrons. The molecule has 1 atom stereocenters. The van der Waals surface area contributed by atoms with Gasteiger partial charge in [-0.25, -0.2) is 0 Å². The van der Waals surface area contributed by atoms with E-state index in [0.717, 1.165) is 6.42 Å². The molecule has 0 fully saturated rings. The molecular formula is C44H32N2. The summed E-state index contributed by atoms with van der Waals surface area (Å²) >= 11 is 0. The summed E-state index contributed by atoms with van der Waals surface area (Å²) in [6.45, 7) is 0. The maximum absolute atomic E-state index is 2.40. The second-order valence-corrected chi connectivity index (χ2v) is 13.1. The van der Waals surface area contributed by atoms with Gasteiger partial charge in [-0.05, 0) is 86.5 Å². The van der Waals surface area contributed by atoms with Crippen LogP contribution in [-0.2, 0) is 0 Å². The molecule has 2 aliphatic carbocycles. The Morgan fingerprint density at radius 3 is 1.87 bits per heavy atom. The van der Waals surface area contributed by atoms with Crippen molar-refractivity contribution in [2.75, 3.05) is 23.9 Å². The third-order valence-corrected chi connectivity index (χ3v) is 10.7. The van der Waals surface area contributed by atoms with Crippen LogP contribution in [0.5, 0.6) is 0 Å². The van der Waals surface area contributed by atoms with E-state index in [4.69, 9.17) is 0 Å². The largest absolute Gasteiger partial charge is 0.344 e. The highest BCUT2D eigenvalue weighted by Gasteiger charge is 2.30. The molecule has 2 nitrogen and oxygen atoms in total. The van der Waals surface area contributed by atoms with Gasteiger partial charge >= 0.3 is 0 Å². The third kappa shape index (κ3) is 3.59. The van der Waals surface area contributed by atoms with Crippen molar-refractivity contribution >= 4 is 49.9 Å². The zero-order chi connectivity index (χ0) is 30.5. The van der Waals surface area contributed by atoms with Gasteiger partial charge in [0.1, 0.15) is 0 Å². The van der Waals surface area contributed by atoms with Crippen LogP contribution in [0.2, 0.25) is 0 Å². The maximum Gasteiger partial charge on any atom is 0.0496 e. The Balaban J connectivity index is 1.09. The molecule has 2 heteroatoms. The van der Waals surface area contributed by atoms with Crippen LogP contribution in [0.15, 0.2) is 145 Å². The first kappa shape index (κ1) is 25.7. The SMILES string of the molecule is CN1c2cc(C3=CC=C4C=CC=CC4C3)ccc2-c2ccc3c4c(ccc1c24)N(C)c1cc(-c2ccc4ccccc4c2)ccc1-3. The molecule has 6 aromatic carbocycles. The minimum absolute atomic E-state index is 0.471. The molecule has 0 N–H and O–H groups in total. The number of rotatable bonds is 2. The quantitative estimate of drug-likeness (QED) is 0.199. The van der Waals surface area contributed by atoms with Gasteiger partial charge in [-0.2, -0.15) is 0 Å². The van der Waals surface area contributed by atoms with Gasteiger partial charge in [0, 0.05) is 64.7 Å². The van der Waals surface area contributed by atoms with Crippen LogP contribution in [0.3, 0.4) is 0 Å². The van der Waals surface area contributed by atoms with Crippen molar-refractivity contribution in [1.82, 2.24) is 0 Å². The Bertz CT molecular complexity index is 2440. The fourth-order valence-corrected chi connectivity index (χ4v) is 8.23. The van der Waals surface area contributed by atoms with Crippen LogP contribution in [0.25, 0.3) is 60.5 Å². The summed E-state index contributed by atoms with van der Waals surface area (Å²) in [4.78, 5) is 4.79. The van der Waals surface area contributed by atoms with Crippen molar-refractivity contribution in [2.24, 2.45) is 5.92 Å². The molecule has 0 saturated heterocycles. The van der Waals surface area contributed by atoms with Crippen molar-refractivity contribution < 1.29 is 0 Å². The smallest absolute Gasteiger partial charge is 0.0496 e. The second kappa shape index (κ2) is 9.45. The summed E-state index contributed by atoms with van der Waals surface area (Å²) in [5.74, 6) is 0.471. The summed E-state index contributed by atoms with van der Waals surface area (Å²) in [6, 6.07) is 38.8. The van der Waals surface area contributed by atoms with E-state index in [1.165, 1.54) is 94.4 Å². The molecule has 0 aromatic heterocycles. The molecule has 6 aromatic rings. The number of anilines is 4. The molecule has 0 spiro atoms. The summed E-state index contributed by atoms with van der Waals surface area (Å²) in [5, 5.41) is 5.23. The first-order valence-electron chi connectivity index (χ1n) is 16.2. The molecule has 2 aliphatic heterocycles. The van der Waals surface area contributed by atoms with Gasteiger partial charge in [-0.1, -0.05) is 109 Å². The molecule has 0 bridgehead atoms. The average Bonchev–Trinajstić information content (AvgIpc) is 3.12. The van der Waals surface area contributed by atoms with Gasteiger partial charge in [-0.15, -0.1) is 0 Å². The average molecular weight is 589 g/mol. The molecule has 46 heavy (non-hydrogen) atoms. The van der Waals surface area contributed by atoms with Crippen LogP contribution in [-0.4, -0.2) is 14.1 Å². The van der Waals surface area contributed by atoms with Crippen LogP contribution in [0.4, 0.5) is 22.7 Å². The fourth-order valence-electron chi connectivity index (χ4n) is 8.23. The van der Waals surface area contributed by atoms with Gasteiger partial charge in [0.05, 0.1) is 0 Å². The number of benzene rings is 6. The van der Waals surface area contributed by atoms with E-state index in [1.54, 1.807) is 0 Å². The second-order valence-electron chi connectivity index (χ2n) is 13.1. The van der Waals surface area contributed by atoms with E-state index < -0.39 is 0 Å². The van der Waals surface area contributed by atoms with E-state index in [1.807, 2.05) is 0 Å². The predicted molar refractivity (Wildman–Crippen MR) is 196 cm³/mol. The summed E-state index contributed by atoms with van der Waals surface area (Å²) < 4.78 is 0. The lowest BCUT2D eigenvalue weighted by Crippen LogP contribution is -2.19. The highest BCUT2D eigenvalue weighted by atomic mass is 15.1. The number of nitrogens with zero attached hydrogens (tertiary/aromatic N) is 2. The molecule has 0 amide bonds. The normalized spacial score (nSPS) is 17.0. The first-order valence-corrected chi connectivity index (χ1v) is 16.2. The van der Waals surface area contributed by atoms with E-state index >= 15 is 0 Å². The number of fused-ring (bicyclic) bond motifs is 6. The van der Waals surface area contributed by atoms with Gasteiger partial charge in [0.25, 0.3) is 0 Å². The highest BCUT2D eigenvalue weighted by Crippen LogP contribution is 2.56. The van der Waals surface area contributed by atoms with Gasteiger partial charge in [0.15, 0.2) is 0 Å². The lowest BCUT2D eigenvalue weighted by molar-refractivity contribution is 0.793. The van der Waals surface area contributed by atoms with Crippen molar-refractivity contribution in [3.63, 3.8) is 0 Å². The Labute approximate surface area is 269 Å². The summed E-state index contributed by atoms with van der Waals surface area (Å²) in [7, 11) is 4.45. The Morgan fingerprint density at radius 2 is 1.13 bits per heavy atom. The topological polar surface area (TPSA) is 6.48 Å². The molecule has 10 rings (SSSR count). The van der Waals surface area contributed by atoms with Crippen LogP contribution < -0.4 is 9.80 Å². The number of hydrogen-bond acceptors (Lipinski definition) is 2. The third-order valence-electron chi connectivity index (χ3n) is 10.7. The Kier molecular flexibility index (Phi) is 5.28. The van der Waals surface area contributed by atoms with Crippen molar-refractivity contribution in [3.05, 3.63) is 151 Å². The monoisotopic (exact) mass is 588 g/mol. The number of hydrogen-bond donors (Lipinski definition) is 0. The fraction of sp³-hybridized carbons (Fsp3) is 0.0909. The Morgan fingerprint density at radius 1 is 0.522 bits per heavy atom. The van der Waals surface area contributed by atoms with E-state index in [2.05, 4.69) is 163 Å². The van der Waals surface area contributed by atoms with Crippen LogP contribution >= 0.6 is 0 Å². The highest BCUT2D eigenvalue weighted by molar-refractivity contribution is 6.22. The molecule has 4 aliphatic rings. The number of allylic oxidation sites excluding steroid dienone is 8. The van der Waals surface area contributed by atoms with Crippen LogP contribution in [0.1, 0.15) is 12.0 Å². The summed E-state index contributed by atoms with van der Waals surface area (Å²) in [5.41, 5.74) is 16.9. The standard InChI is InChI=1S/C44H32N2/c1-45-39-21-22-40-44-38(36-18-16-34(26-42(36)46(40)2)32-14-12-28-8-4-6-10-30(28)24-32)20-19-37(43(39)44)35-17-15-33(25-41(35)45)31-13-11-27-7-3-5-9-29(27)23-31/h3-23,25-26,30H,24H2,1-2H3. The van der Waals surface area contributed by atoms with E-state index in [0.29, 0.717) is 5.92 Å². The van der Waals surface area contributed by atoms with E-state index in [-0.39, 0.29) is 0 Å². The maximum atomic E-state index is 2.40. The van der Waals surface area contributed by atoms with Gasteiger partial charge in [0.2, 0.25) is 0 Å². The van der Waals surface area contributed by atoms with Gasteiger partial charge < -0.3 is 9.80 Å². The zero-order valence-electron chi connectivity index (χ0n) is 26.0. The minimum Gasteiger partial charge on any atom is -0.344 e. The molecule has 1 unspecified atom stereocenters. The molecule has 0 saturated carbocycles.